The Morgan fingerprint density at radius 2 is 2.05 bits per heavy atom. The highest BCUT2D eigenvalue weighted by Crippen LogP contribution is 2.15. The van der Waals surface area contributed by atoms with Gasteiger partial charge in [0.15, 0.2) is 0 Å². The van der Waals surface area contributed by atoms with E-state index in [0.29, 0.717) is 37.1 Å². The summed E-state index contributed by atoms with van der Waals surface area (Å²) in [5, 5.41) is 0. The highest BCUT2D eigenvalue weighted by molar-refractivity contribution is 5.40. The molecular weight excluding hydrogens is 245 g/mol. The zero-order valence-electron chi connectivity index (χ0n) is 11.4. The van der Waals surface area contributed by atoms with E-state index in [1.807, 2.05) is 0 Å². The second-order valence-electron chi connectivity index (χ2n) is 4.50. The van der Waals surface area contributed by atoms with Gasteiger partial charge in [-0.25, -0.2) is 4.39 Å². The van der Waals surface area contributed by atoms with E-state index in [1.165, 1.54) is 12.1 Å². The van der Waals surface area contributed by atoms with E-state index in [4.69, 9.17) is 15.2 Å². The Hall–Kier alpha value is -1.57. The SMILES string of the molecule is CC(C)COCCOc1cc(F)cc(C#CCN)c1. The molecule has 0 aliphatic heterocycles. The third-order valence-electron chi connectivity index (χ3n) is 2.15. The third kappa shape index (κ3) is 6.80. The van der Waals surface area contributed by atoms with E-state index >= 15 is 0 Å². The first-order valence-electron chi connectivity index (χ1n) is 6.32. The van der Waals surface area contributed by atoms with Gasteiger partial charge in [-0.2, -0.15) is 0 Å². The quantitative estimate of drug-likeness (QED) is 0.633. The van der Waals surface area contributed by atoms with Gasteiger partial charge >= 0.3 is 0 Å². The Kier molecular flexibility index (Phi) is 6.94. The summed E-state index contributed by atoms with van der Waals surface area (Å²) in [5.74, 6) is 6.03. The molecule has 0 saturated carbocycles. The van der Waals surface area contributed by atoms with Crippen LogP contribution in [0.1, 0.15) is 19.4 Å². The highest BCUT2D eigenvalue weighted by Gasteiger charge is 2.01. The molecule has 0 radical (unpaired) electrons. The molecule has 0 atom stereocenters. The van der Waals surface area contributed by atoms with Crippen molar-refractivity contribution in [3.8, 4) is 17.6 Å². The molecule has 1 rings (SSSR count). The number of hydrogen-bond donors (Lipinski definition) is 1. The number of rotatable bonds is 6. The number of nitrogens with two attached hydrogens (primary N) is 1. The van der Waals surface area contributed by atoms with Crippen LogP contribution in [0.15, 0.2) is 18.2 Å². The molecule has 0 saturated heterocycles. The lowest BCUT2D eigenvalue weighted by Gasteiger charge is -2.09. The Morgan fingerprint density at radius 1 is 1.26 bits per heavy atom. The maximum absolute atomic E-state index is 13.3. The molecule has 3 nitrogen and oxygen atoms in total. The van der Waals surface area contributed by atoms with Gasteiger partial charge in [-0.15, -0.1) is 0 Å². The Labute approximate surface area is 113 Å². The monoisotopic (exact) mass is 265 g/mol. The van der Waals surface area contributed by atoms with E-state index in [-0.39, 0.29) is 12.4 Å². The van der Waals surface area contributed by atoms with Crippen molar-refractivity contribution in [2.45, 2.75) is 13.8 Å². The van der Waals surface area contributed by atoms with Crippen molar-refractivity contribution in [1.82, 2.24) is 0 Å². The number of hydrogen-bond acceptors (Lipinski definition) is 3. The third-order valence-corrected chi connectivity index (χ3v) is 2.15. The summed E-state index contributed by atoms with van der Waals surface area (Å²) in [7, 11) is 0. The van der Waals surface area contributed by atoms with E-state index in [1.54, 1.807) is 6.07 Å². The summed E-state index contributed by atoms with van der Waals surface area (Å²) >= 11 is 0. The Balaban J connectivity index is 2.47. The van der Waals surface area contributed by atoms with Crippen LogP contribution in [-0.2, 0) is 4.74 Å². The van der Waals surface area contributed by atoms with Gasteiger partial charge in [-0.05, 0) is 18.1 Å². The molecule has 0 heterocycles. The summed E-state index contributed by atoms with van der Waals surface area (Å²) in [6.07, 6.45) is 0. The predicted octanol–water partition coefficient (Wildman–Crippen LogP) is 2.19. The minimum absolute atomic E-state index is 0.246. The van der Waals surface area contributed by atoms with Gasteiger partial charge in [0, 0.05) is 18.2 Å². The second kappa shape index (κ2) is 8.52. The van der Waals surface area contributed by atoms with Gasteiger partial charge in [-0.1, -0.05) is 25.7 Å². The molecular formula is C15H20FNO2. The lowest BCUT2D eigenvalue weighted by molar-refractivity contribution is 0.0818. The lowest BCUT2D eigenvalue weighted by atomic mass is 10.2. The zero-order chi connectivity index (χ0) is 14.1. The smallest absolute Gasteiger partial charge is 0.128 e. The van der Waals surface area contributed by atoms with Gasteiger partial charge in [0.1, 0.15) is 18.2 Å². The fourth-order valence-corrected chi connectivity index (χ4v) is 1.41. The molecule has 0 fully saturated rings. The fourth-order valence-electron chi connectivity index (χ4n) is 1.41. The van der Waals surface area contributed by atoms with Crippen LogP contribution in [0.5, 0.6) is 5.75 Å². The van der Waals surface area contributed by atoms with Crippen LogP contribution in [-0.4, -0.2) is 26.4 Å². The van der Waals surface area contributed by atoms with Gasteiger partial charge in [-0.3, -0.25) is 0 Å². The molecule has 0 aromatic heterocycles. The van der Waals surface area contributed by atoms with Crippen LogP contribution in [0, 0.1) is 23.6 Å². The van der Waals surface area contributed by atoms with Crippen LogP contribution in [0.4, 0.5) is 4.39 Å². The van der Waals surface area contributed by atoms with Crippen LogP contribution >= 0.6 is 0 Å². The van der Waals surface area contributed by atoms with Gasteiger partial charge in [0.2, 0.25) is 0 Å². The largest absolute Gasteiger partial charge is 0.491 e. The molecule has 4 heteroatoms. The fraction of sp³-hybridized carbons (Fsp3) is 0.467. The van der Waals surface area contributed by atoms with Crippen LogP contribution in [0.2, 0.25) is 0 Å². The van der Waals surface area contributed by atoms with Crippen molar-refractivity contribution in [1.29, 1.82) is 0 Å². The summed E-state index contributed by atoms with van der Waals surface area (Å²) in [6.45, 7) is 5.97. The summed E-state index contributed by atoms with van der Waals surface area (Å²) in [4.78, 5) is 0. The molecule has 0 bridgehead atoms. The average Bonchev–Trinajstić information content (AvgIpc) is 2.35. The first kappa shape index (κ1) is 15.5. The minimum atomic E-state index is -0.373. The molecule has 0 aliphatic rings. The maximum Gasteiger partial charge on any atom is 0.128 e. The number of halogens is 1. The molecule has 0 unspecified atom stereocenters. The summed E-state index contributed by atoms with van der Waals surface area (Å²) in [5.41, 5.74) is 5.83. The Morgan fingerprint density at radius 3 is 2.74 bits per heavy atom. The first-order chi connectivity index (χ1) is 9.11. The molecule has 0 spiro atoms. The normalized spacial score (nSPS) is 10.2. The molecule has 1 aromatic carbocycles. The topological polar surface area (TPSA) is 44.5 Å². The van der Waals surface area contributed by atoms with Crippen LogP contribution < -0.4 is 10.5 Å². The van der Waals surface area contributed by atoms with Crippen molar-refractivity contribution in [3.63, 3.8) is 0 Å². The maximum atomic E-state index is 13.3. The Bertz CT molecular complexity index is 449. The number of ether oxygens (including phenoxy) is 2. The van der Waals surface area contributed by atoms with Gasteiger partial charge in [0.05, 0.1) is 13.2 Å². The van der Waals surface area contributed by atoms with Gasteiger partial charge in [0.25, 0.3) is 0 Å². The molecule has 104 valence electrons. The number of benzene rings is 1. The van der Waals surface area contributed by atoms with E-state index < -0.39 is 0 Å². The molecule has 0 aliphatic carbocycles. The lowest BCUT2D eigenvalue weighted by Crippen LogP contribution is -2.10. The van der Waals surface area contributed by atoms with Crippen molar-refractivity contribution >= 4 is 0 Å². The zero-order valence-corrected chi connectivity index (χ0v) is 11.4. The van der Waals surface area contributed by atoms with Crippen LogP contribution in [0.3, 0.4) is 0 Å². The molecule has 0 amide bonds. The molecule has 1 aromatic rings. The standard InChI is InChI=1S/C15H20FNO2/c1-12(2)11-18-6-7-19-15-9-13(4-3-5-17)8-14(16)10-15/h8-10,12H,5-7,11,17H2,1-2H3. The summed E-state index contributed by atoms with van der Waals surface area (Å²) in [6, 6.07) is 4.37. The molecule has 2 N–H and O–H groups in total. The minimum Gasteiger partial charge on any atom is -0.491 e. The van der Waals surface area contributed by atoms with E-state index in [0.717, 1.165) is 0 Å². The van der Waals surface area contributed by atoms with Gasteiger partial charge < -0.3 is 15.2 Å². The van der Waals surface area contributed by atoms with Crippen molar-refractivity contribution in [2.75, 3.05) is 26.4 Å². The first-order valence-corrected chi connectivity index (χ1v) is 6.32. The highest BCUT2D eigenvalue weighted by atomic mass is 19.1. The van der Waals surface area contributed by atoms with E-state index in [2.05, 4.69) is 25.7 Å². The van der Waals surface area contributed by atoms with Crippen LogP contribution in [0.25, 0.3) is 0 Å². The average molecular weight is 265 g/mol. The van der Waals surface area contributed by atoms with E-state index in [9.17, 15) is 4.39 Å². The van der Waals surface area contributed by atoms with Crippen molar-refractivity contribution < 1.29 is 13.9 Å². The second-order valence-corrected chi connectivity index (χ2v) is 4.50. The van der Waals surface area contributed by atoms with Crippen molar-refractivity contribution in [3.05, 3.63) is 29.6 Å². The summed E-state index contributed by atoms with van der Waals surface area (Å²) < 4.78 is 24.1. The predicted molar refractivity (Wildman–Crippen MR) is 73.5 cm³/mol. The van der Waals surface area contributed by atoms with Crippen molar-refractivity contribution in [2.24, 2.45) is 11.7 Å². The molecule has 19 heavy (non-hydrogen) atoms.